The first-order valence-corrected chi connectivity index (χ1v) is 7.77. The average molecular weight is 322 g/mol. The van der Waals surface area contributed by atoms with Crippen LogP contribution in [0.15, 0.2) is 66.7 Å². The van der Waals surface area contributed by atoms with Crippen molar-refractivity contribution in [1.82, 2.24) is 0 Å². The van der Waals surface area contributed by atoms with Gasteiger partial charge in [-0.05, 0) is 66.4 Å². The van der Waals surface area contributed by atoms with Crippen LogP contribution < -0.4 is 0 Å². The van der Waals surface area contributed by atoms with Crippen molar-refractivity contribution in [3.05, 3.63) is 94.8 Å². The zero-order valence-electron chi connectivity index (χ0n) is 13.6. The minimum absolute atomic E-state index is 0.196. The molecule has 0 spiro atoms. The molecule has 0 saturated carbocycles. The molecular weight excluding hydrogens is 303 g/mol. The fourth-order valence-corrected chi connectivity index (χ4v) is 3.05. The molecule has 0 radical (unpaired) electrons. The lowest BCUT2D eigenvalue weighted by atomic mass is 9.71. The predicted octanol–water partition coefficient (Wildman–Crippen LogP) is 4.90. The van der Waals surface area contributed by atoms with Gasteiger partial charge in [-0.15, -0.1) is 0 Å². The monoisotopic (exact) mass is 322 g/mol. The van der Waals surface area contributed by atoms with Gasteiger partial charge in [0.15, 0.2) is 0 Å². The quantitative estimate of drug-likeness (QED) is 0.673. The summed E-state index contributed by atoms with van der Waals surface area (Å²) in [6.45, 7) is 3.80. The van der Waals surface area contributed by atoms with Gasteiger partial charge in [0, 0.05) is 5.41 Å². The number of halogens is 1. The molecular formula is C21H19FO2. The number of phenols is 2. The van der Waals surface area contributed by atoms with Gasteiger partial charge in [0.25, 0.3) is 0 Å². The second-order valence-corrected chi connectivity index (χ2v) is 6.18. The molecule has 0 bridgehead atoms. The summed E-state index contributed by atoms with van der Waals surface area (Å²) < 4.78 is 13.7. The summed E-state index contributed by atoms with van der Waals surface area (Å²) in [4.78, 5) is 0. The molecule has 0 aromatic heterocycles. The van der Waals surface area contributed by atoms with E-state index in [2.05, 4.69) is 6.92 Å². The Hall–Kier alpha value is -2.81. The van der Waals surface area contributed by atoms with E-state index in [1.54, 1.807) is 37.3 Å². The molecule has 2 nitrogen and oxygen atoms in total. The third-order valence-corrected chi connectivity index (χ3v) is 4.62. The molecule has 0 aliphatic carbocycles. The Bertz CT molecular complexity index is 807. The lowest BCUT2D eigenvalue weighted by Gasteiger charge is -2.32. The van der Waals surface area contributed by atoms with Gasteiger partial charge in [0.05, 0.1) is 0 Å². The van der Waals surface area contributed by atoms with E-state index in [1.165, 1.54) is 6.07 Å². The molecule has 0 amide bonds. The smallest absolute Gasteiger partial charge is 0.126 e. The van der Waals surface area contributed by atoms with Crippen molar-refractivity contribution in [3.8, 4) is 11.5 Å². The molecule has 3 aromatic carbocycles. The number of rotatable bonds is 3. The summed E-state index contributed by atoms with van der Waals surface area (Å²) in [6, 6.07) is 19.1. The van der Waals surface area contributed by atoms with Gasteiger partial charge in [-0.25, -0.2) is 4.39 Å². The third-order valence-electron chi connectivity index (χ3n) is 4.62. The van der Waals surface area contributed by atoms with Crippen molar-refractivity contribution in [2.45, 2.75) is 19.3 Å². The van der Waals surface area contributed by atoms with Crippen LogP contribution in [0.4, 0.5) is 4.39 Å². The van der Waals surface area contributed by atoms with E-state index in [-0.39, 0.29) is 17.3 Å². The second-order valence-electron chi connectivity index (χ2n) is 6.18. The minimum Gasteiger partial charge on any atom is -0.508 e. The standard InChI is InChI=1S/C21H19FO2/c1-14-13-17(7-12-20(14)22)21(2,15-3-8-18(23)9-4-15)16-5-10-19(24)11-6-16/h3-13,23-24H,1-2H3. The summed E-state index contributed by atoms with van der Waals surface area (Å²) in [5.41, 5.74) is 2.92. The molecule has 0 aliphatic rings. The van der Waals surface area contributed by atoms with Crippen LogP contribution in [-0.4, -0.2) is 10.2 Å². The predicted molar refractivity (Wildman–Crippen MR) is 92.9 cm³/mol. The minimum atomic E-state index is -0.542. The van der Waals surface area contributed by atoms with E-state index in [9.17, 15) is 14.6 Å². The Morgan fingerprint density at radius 3 is 1.54 bits per heavy atom. The molecule has 0 unspecified atom stereocenters. The highest BCUT2D eigenvalue weighted by Gasteiger charge is 2.31. The van der Waals surface area contributed by atoms with Gasteiger partial charge in [-0.3, -0.25) is 0 Å². The molecule has 0 saturated heterocycles. The van der Waals surface area contributed by atoms with Gasteiger partial charge in [-0.1, -0.05) is 36.4 Å². The van der Waals surface area contributed by atoms with Crippen LogP contribution in [0.2, 0.25) is 0 Å². The lowest BCUT2D eigenvalue weighted by molar-refractivity contribution is 0.474. The van der Waals surface area contributed by atoms with E-state index in [4.69, 9.17) is 0 Å². The summed E-state index contributed by atoms with van der Waals surface area (Å²) in [5, 5.41) is 19.2. The maximum atomic E-state index is 13.7. The van der Waals surface area contributed by atoms with Crippen LogP contribution in [-0.2, 0) is 5.41 Å². The average Bonchev–Trinajstić information content (AvgIpc) is 2.58. The molecule has 0 fully saturated rings. The number of hydrogen-bond acceptors (Lipinski definition) is 2. The van der Waals surface area contributed by atoms with Gasteiger partial charge in [-0.2, -0.15) is 0 Å². The van der Waals surface area contributed by atoms with Gasteiger partial charge >= 0.3 is 0 Å². The number of aryl methyl sites for hydroxylation is 1. The molecule has 2 N–H and O–H groups in total. The Balaban J connectivity index is 2.25. The van der Waals surface area contributed by atoms with Gasteiger partial charge in [0.2, 0.25) is 0 Å². The number of phenolic OH excluding ortho intramolecular Hbond substituents is 2. The maximum Gasteiger partial charge on any atom is 0.126 e. The first-order valence-electron chi connectivity index (χ1n) is 7.77. The Morgan fingerprint density at radius 2 is 1.12 bits per heavy atom. The zero-order chi connectivity index (χ0) is 17.3. The van der Waals surface area contributed by atoms with E-state index in [0.717, 1.165) is 16.7 Å². The highest BCUT2D eigenvalue weighted by molar-refractivity contribution is 5.51. The Kier molecular flexibility index (Phi) is 4.02. The molecule has 24 heavy (non-hydrogen) atoms. The van der Waals surface area contributed by atoms with Crippen molar-refractivity contribution in [3.63, 3.8) is 0 Å². The van der Waals surface area contributed by atoms with Gasteiger partial charge < -0.3 is 10.2 Å². The van der Waals surface area contributed by atoms with Crippen LogP contribution in [0.25, 0.3) is 0 Å². The second kappa shape index (κ2) is 6.00. The Labute approximate surface area is 140 Å². The van der Waals surface area contributed by atoms with Crippen molar-refractivity contribution >= 4 is 0 Å². The first-order chi connectivity index (χ1) is 11.4. The summed E-state index contributed by atoms with van der Waals surface area (Å²) in [7, 11) is 0. The SMILES string of the molecule is Cc1cc(C(C)(c2ccc(O)cc2)c2ccc(O)cc2)ccc1F. The normalized spacial score (nSPS) is 11.5. The molecule has 0 atom stereocenters. The maximum absolute atomic E-state index is 13.7. The fraction of sp³-hybridized carbons (Fsp3) is 0.143. The van der Waals surface area contributed by atoms with Crippen LogP contribution >= 0.6 is 0 Å². The van der Waals surface area contributed by atoms with Crippen molar-refractivity contribution in [1.29, 1.82) is 0 Å². The van der Waals surface area contributed by atoms with Crippen LogP contribution in [0.3, 0.4) is 0 Å². The zero-order valence-corrected chi connectivity index (χ0v) is 13.6. The topological polar surface area (TPSA) is 40.5 Å². The van der Waals surface area contributed by atoms with Crippen molar-refractivity contribution in [2.75, 3.05) is 0 Å². The first kappa shape index (κ1) is 16.1. The Morgan fingerprint density at radius 1 is 0.708 bits per heavy atom. The number of aromatic hydroxyl groups is 2. The summed E-state index contributed by atoms with van der Waals surface area (Å²) in [6.07, 6.45) is 0. The highest BCUT2D eigenvalue weighted by atomic mass is 19.1. The lowest BCUT2D eigenvalue weighted by Crippen LogP contribution is -2.25. The summed E-state index contributed by atoms with van der Waals surface area (Å²) in [5.74, 6) is 0.154. The van der Waals surface area contributed by atoms with Crippen LogP contribution in [0, 0.1) is 12.7 Å². The molecule has 0 aliphatic heterocycles. The number of hydrogen-bond donors (Lipinski definition) is 2. The van der Waals surface area contributed by atoms with Crippen LogP contribution in [0.5, 0.6) is 11.5 Å². The van der Waals surface area contributed by atoms with Crippen molar-refractivity contribution < 1.29 is 14.6 Å². The van der Waals surface area contributed by atoms with E-state index >= 15 is 0 Å². The molecule has 122 valence electrons. The van der Waals surface area contributed by atoms with E-state index in [1.807, 2.05) is 30.3 Å². The van der Waals surface area contributed by atoms with Crippen LogP contribution in [0.1, 0.15) is 29.2 Å². The fourth-order valence-electron chi connectivity index (χ4n) is 3.05. The summed E-state index contributed by atoms with van der Waals surface area (Å²) >= 11 is 0. The van der Waals surface area contributed by atoms with E-state index in [0.29, 0.717) is 5.56 Å². The molecule has 3 aromatic rings. The molecule has 3 rings (SSSR count). The number of benzene rings is 3. The highest BCUT2D eigenvalue weighted by Crippen LogP contribution is 2.40. The van der Waals surface area contributed by atoms with Crippen molar-refractivity contribution in [2.24, 2.45) is 0 Å². The van der Waals surface area contributed by atoms with E-state index < -0.39 is 5.41 Å². The third kappa shape index (κ3) is 2.73. The molecule has 0 heterocycles. The largest absolute Gasteiger partial charge is 0.508 e. The molecule has 3 heteroatoms. The van der Waals surface area contributed by atoms with Gasteiger partial charge in [0.1, 0.15) is 17.3 Å².